The Kier molecular flexibility index (Phi) is 6.26. The zero-order valence-corrected chi connectivity index (χ0v) is 17.5. The molecule has 1 fully saturated rings. The minimum Gasteiger partial charge on any atom is -0.481 e. The fraction of sp³-hybridized carbons (Fsp3) is 0.320. The van der Waals surface area contributed by atoms with Crippen LogP contribution < -0.4 is 4.90 Å². The summed E-state index contributed by atoms with van der Waals surface area (Å²) in [4.78, 5) is 21.5. The van der Waals surface area contributed by atoms with Gasteiger partial charge >= 0.3 is 5.97 Å². The molecule has 0 aliphatic heterocycles. The maximum Gasteiger partial charge on any atom is 0.303 e. The van der Waals surface area contributed by atoms with Crippen LogP contribution in [-0.4, -0.2) is 28.1 Å². The Bertz CT molecular complexity index is 1010. The Labute approximate surface area is 181 Å². The van der Waals surface area contributed by atoms with Crippen molar-refractivity contribution in [2.45, 2.75) is 38.0 Å². The number of anilines is 2. The van der Waals surface area contributed by atoms with Gasteiger partial charge in [0.05, 0.1) is 23.8 Å². The van der Waals surface area contributed by atoms with Gasteiger partial charge in [-0.15, -0.1) is 0 Å². The summed E-state index contributed by atoms with van der Waals surface area (Å²) in [6.07, 6.45) is 7.35. The highest BCUT2D eigenvalue weighted by Gasteiger charge is 2.24. The molecule has 3 aromatic rings. The molecular weight excluding hydrogens is 393 g/mol. The second-order valence-corrected chi connectivity index (χ2v) is 8.23. The number of carboxylic acids is 1. The minimum atomic E-state index is -0.688. The molecule has 1 aliphatic rings. The van der Waals surface area contributed by atoms with Gasteiger partial charge < -0.3 is 10.0 Å². The van der Waals surface area contributed by atoms with E-state index in [1.54, 1.807) is 12.3 Å². The molecule has 0 unspecified atom stereocenters. The Morgan fingerprint density at radius 1 is 1.00 bits per heavy atom. The lowest BCUT2D eigenvalue weighted by molar-refractivity contribution is -0.138. The molecule has 4 rings (SSSR count). The summed E-state index contributed by atoms with van der Waals surface area (Å²) in [6.45, 7) is 0. The fourth-order valence-corrected chi connectivity index (χ4v) is 4.33. The largest absolute Gasteiger partial charge is 0.481 e. The molecule has 0 saturated heterocycles. The molecule has 0 atom stereocenters. The van der Waals surface area contributed by atoms with Gasteiger partial charge in [-0.05, 0) is 67.3 Å². The van der Waals surface area contributed by atoms with Crippen LogP contribution in [0.2, 0.25) is 0 Å². The number of hydrogen-bond donors (Lipinski definition) is 1. The van der Waals surface area contributed by atoms with Crippen LogP contribution in [0.1, 0.15) is 43.6 Å². The molecule has 31 heavy (non-hydrogen) atoms. The van der Waals surface area contributed by atoms with E-state index in [0.717, 1.165) is 42.6 Å². The molecule has 1 aliphatic carbocycles. The van der Waals surface area contributed by atoms with Crippen LogP contribution in [0, 0.1) is 11.7 Å². The SMILES string of the molecule is CN(c1ccc(-c2ccc(C3CCC(CC(=O)O)CC3)cc2)nc1)c1ccc(F)cn1. The lowest BCUT2D eigenvalue weighted by Crippen LogP contribution is -2.16. The molecule has 1 saturated carbocycles. The number of rotatable bonds is 6. The van der Waals surface area contributed by atoms with Crippen LogP contribution >= 0.6 is 0 Å². The molecule has 1 N–H and O–H groups in total. The summed E-state index contributed by atoms with van der Waals surface area (Å²) in [6, 6.07) is 15.5. The van der Waals surface area contributed by atoms with Crippen LogP contribution in [0.25, 0.3) is 11.3 Å². The van der Waals surface area contributed by atoms with Crippen LogP contribution in [-0.2, 0) is 4.79 Å². The van der Waals surface area contributed by atoms with E-state index in [1.807, 2.05) is 24.1 Å². The molecule has 1 aromatic carbocycles. The third-order valence-electron chi connectivity index (χ3n) is 6.18. The number of carboxylic acid groups (broad SMARTS) is 1. The summed E-state index contributed by atoms with van der Waals surface area (Å²) in [5, 5.41) is 8.98. The third kappa shape index (κ3) is 5.08. The number of aliphatic carboxylic acids is 1. The van der Waals surface area contributed by atoms with Crippen LogP contribution in [0.3, 0.4) is 0 Å². The van der Waals surface area contributed by atoms with Gasteiger partial charge in [-0.3, -0.25) is 9.78 Å². The van der Waals surface area contributed by atoms with E-state index in [-0.39, 0.29) is 5.82 Å². The van der Waals surface area contributed by atoms with Crippen molar-refractivity contribution >= 4 is 17.5 Å². The number of carbonyl (C=O) groups is 1. The van der Waals surface area contributed by atoms with Gasteiger partial charge in [0.15, 0.2) is 0 Å². The van der Waals surface area contributed by atoms with Crippen LogP contribution in [0.4, 0.5) is 15.9 Å². The van der Waals surface area contributed by atoms with E-state index in [1.165, 1.54) is 17.8 Å². The number of benzene rings is 1. The van der Waals surface area contributed by atoms with E-state index < -0.39 is 5.97 Å². The van der Waals surface area contributed by atoms with Crippen molar-refractivity contribution in [3.8, 4) is 11.3 Å². The Morgan fingerprint density at radius 3 is 2.32 bits per heavy atom. The van der Waals surface area contributed by atoms with Gasteiger partial charge in [0, 0.05) is 19.0 Å². The highest BCUT2D eigenvalue weighted by molar-refractivity contribution is 5.67. The van der Waals surface area contributed by atoms with Crippen molar-refractivity contribution in [3.63, 3.8) is 0 Å². The van der Waals surface area contributed by atoms with Gasteiger partial charge in [-0.2, -0.15) is 0 Å². The van der Waals surface area contributed by atoms with Gasteiger partial charge in [0.1, 0.15) is 11.6 Å². The van der Waals surface area contributed by atoms with Gasteiger partial charge in [0.2, 0.25) is 0 Å². The first kappa shape index (κ1) is 21.0. The van der Waals surface area contributed by atoms with Crippen molar-refractivity contribution in [1.82, 2.24) is 9.97 Å². The number of hydrogen-bond acceptors (Lipinski definition) is 4. The molecule has 0 bridgehead atoms. The average Bonchev–Trinajstić information content (AvgIpc) is 2.79. The van der Waals surface area contributed by atoms with Gasteiger partial charge in [0.25, 0.3) is 0 Å². The van der Waals surface area contributed by atoms with Crippen molar-refractivity contribution in [2.75, 3.05) is 11.9 Å². The lowest BCUT2D eigenvalue weighted by atomic mass is 9.77. The first-order chi connectivity index (χ1) is 15.0. The molecule has 0 spiro atoms. The molecule has 0 radical (unpaired) electrons. The number of aromatic nitrogens is 2. The fourth-order valence-electron chi connectivity index (χ4n) is 4.33. The summed E-state index contributed by atoms with van der Waals surface area (Å²) >= 11 is 0. The van der Waals surface area contributed by atoms with E-state index in [9.17, 15) is 9.18 Å². The molecule has 2 heterocycles. The third-order valence-corrected chi connectivity index (χ3v) is 6.18. The second kappa shape index (κ2) is 9.25. The van der Waals surface area contributed by atoms with Gasteiger partial charge in [-0.1, -0.05) is 24.3 Å². The standard InChI is InChI=1S/C25H26FN3O2/c1-29(24-13-10-21(26)15-28-24)22-11-12-23(27-16-22)20-8-6-19(7-9-20)18-4-2-17(3-5-18)14-25(30)31/h6-13,15-18H,2-5,14H2,1H3,(H,30,31). The molecule has 2 aromatic heterocycles. The van der Waals surface area contributed by atoms with Crippen molar-refractivity contribution in [2.24, 2.45) is 5.92 Å². The van der Waals surface area contributed by atoms with E-state index in [2.05, 4.69) is 34.2 Å². The van der Waals surface area contributed by atoms with E-state index in [0.29, 0.717) is 24.1 Å². The Balaban J connectivity index is 1.40. The predicted octanol–water partition coefficient (Wildman–Crippen LogP) is 5.80. The summed E-state index contributed by atoms with van der Waals surface area (Å²) in [7, 11) is 1.87. The Hall–Kier alpha value is -3.28. The lowest BCUT2D eigenvalue weighted by Gasteiger charge is -2.28. The van der Waals surface area contributed by atoms with Crippen molar-refractivity contribution < 1.29 is 14.3 Å². The minimum absolute atomic E-state index is 0.291. The Morgan fingerprint density at radius 2 is 1.74 bits per heavy atom. The number of nitrogens with zero attached hydrogens (tertiary/aromatic N) is 3. The first-order valence-electron chi connectivity index (χ1n) is 10.6. The number of halogens is 1. The second-order valence-electron chi connectivity index (χ2n) is 8.23. The molecule has 0 amide bonds. The quantitative estimate of drug-likeness (QED) is 0.547. The zero-order chi connectivity index (χ0) is 21.8. The van der Waals surface area contributed by atoms with Crippen molar-refractivity contribution in [3.05, 3.63) is 72.3 Å². The van der Waals surface area contributed by atoms with Gasteiger partial charge in [-0.25, -0.2) is 9.37 Å². The zero-order valence-electron chi connectivity index (χ0n) is 17.5. The monoisotopic (exact) mass is 419 g/mol. The number of pyridine rings is 2. The van der Waals surface area contributed by atoms with E-state index >= 15 is 0 Å². The van der Waals surface area contributed by atoms with Crippen molar-refractivity contribution in [1.29, 1.82) is 0 Å². The van der Waals surface area contributed by atoms with Crippen LogP contribution in [0.15, 0.2) is 60.9 Å². The maximum absolute atomic E-state index is 13.1. The first-order valence-corrected chi connectivity index (χ1v) is 10.6. The smallest absolute Gasteiger partial charge is 0.303 e. The normalized spacial score (nSPS) is 18.5. The maximum atomic E-state index is 13.1. The predicted molar refractivity (Wildman–Crippen MR) is 119 cm³/mol. The highest BCUT2D eigenvalue weighted by atomic mass is 19.1. The summed E-state index contributed by atoms with van der Waals surface area (Å²) in [5.41, 5.74) is 4.13. The summed E-state index contributed by atoms with van der Waals surface area (Å²) < 4.78 is 13.1. The molecule has 6 heteroatoms. The highest BCUT2D eigenvalue weighted by Crippen LogP contribution is 2.37. The average molecular weight is 420 g/mol. The molecule has 5 nitrogen and oxygen atoms in total. The summed E-state index contributed by atoms with van der Waals surface area (Å²) in [5.74, 6) is 0.428. The molecule has 160 valence electrons. The van der Waals surface area contributed by atoms with Crippen LogP contribution in [0.5, 0.6) is 0 Å². The topological polar surface area (TPSA) is 66.3 Å². The van der Waals surface area contributed by atoms with E-state index in [4.69, 9.17) is 5.11 Å². The molecular formula is C25H26FN3O2.